The quantitative estimate of drug-likeness (QED) is 0.714. The Labute approximate surface area is 105 Å². The largest absolute Gasteiger partial charge is 0.469 e. The number of rotatable bonds is 2. The molecule has 4 bridgehead atoms. The van der Waals surface area contributed by atoms with E-state index in [9.17, 15) is 14.7 Å². The van der Waals surface area contributed by atoms with Crippen molar-refractivity contribution in [3.05, 3.63) is 11.6 Å². The van der Waals surface area contributed by atoms with Crippen molar-refractivity contribution in [2.75, 3.05) is 14.2 Å². The van der Waals surface area contributed by atoms with Crippen molar-refractivity contribution in [2.45, 2.75) is 18.9 Å². The molecule has 0 amide bonds. The molecule has 0 spiro atoms. The first-order valence-corrected chi connectivity index (χ1v) is 6.11. The van der Waals surface area contributed by atoms with Gasteiger partial charge in [-0.15, -0.1) is 0 Å². The number of hydrogen-bond acceptors (Lipinski definition) is 5. The summed E-state index contributed by atoms with van der Waals surface area (Å²) in [5.74, 6) is -1.05. The number of methoxy groups -OCH3 is 2. The number of ether oxygens (including phenoxy) is 2. The highest BCUT2D eigenvalue weighted by Gasteiger charge is 2.70. The summed E-state index contributed by atoms with van der Waals surface area (Å²) in [5.41, 5.74) is -0.0672. The molecule has 5 nitrogen and oxygen atoms in total. The van der Waals surface area contributed by atoms with E-state index < -0.39 is 17.5 Å². The highest BCUT2D eigenvalue weighted by atomic mass is 16.5. The fourth-order valence-electron chi connectivity index (χ4n) is 4.13. The van der Waals surface area contributed by atoms with Crippen molar-refractivity contribution in [3.63, 3.8) is 0 Å². The van der Waals surface area contributed by atoms with Gasteiger partial charge < -0.3 is 14.6 Å². The monoisotopic (exact) mass is 252 g/mol. The Bertz CT molecular complexity index is 454. The Balaban J connectivity index is 2.01. The van der Waals surface area contributed by atoms with Crippen molar-refractivity contribution >= 4 is 11.9 Å². The van der Waals surface area contributed by atoms with Gasteiger partial charge in [-0.2, -0.15) is 0 Å². The molecule has 18 heavy (non-hydrogen) atoms. The van der Waals surface area contributed by atoms with Gasteiger partial charge in [0.25, 0.3) is 0 Å². The highest BCUT2D eigenvalue weighted by molar-refractivity contribution is 5.93. The minimum absolute atomic E-state index is 0.0121. The summed E-state index contributed by atoms with van der Waals surface area (Å²) in [6.07, 6.45) is 2.51. The van der Waals surface area contributed by atoms with E-state index in [-0.39, 0.29) is 23.7 Å². The molecule has 0 aliphatic heterocycles. The number of esters is 2. The van der Waals surface area contributed by atoms with Crippen molar-refractivity contribution in [1.82, 2.24) is 0 Å². The molecule has 0 radical (unpaired) electrons. The molecule has 5 aliphatic rings. The van der Waals surface area contributed by atoms with Gasteiger partial charge in [-0.3, -0.25) is 4.79 Å². The smallest absolute Gasteiger partial charge is 0.333 e. The molecule has 0 heterocycles. The van der Waals surface area contributed by atoms with Gasteiger partial charge in [-0.1, -0.05) is 6.08 Å². The summed E-state index contributed by atoms with van der Waals surface area (Å²) < 4.78 is 9.64. The van der Waals surface area contributed by atoms with Crippen LogP contribution in [0.3, 0.4) is 0 Å². The standard InChI is InChI=1S/C13H16O5/c1-17-11(15)7-3-6-4-13(12(16)18-2)5-8(9(7)13)10(6)14/h3,6,8-10,14H,4-5H2,1-2H3/t6-,8+,9+,10+,13+/m1/s1. The third-order valence-electron chi connectivity index (χ3n) is 4.84. The summed E-state index contributed by atoms with van der Waals surface area (Å²) in [6.45, 7) is 0. The maximum atomic E-state index is 12.0. The fraction of sp³-hybridized carbons (Fsp3) is 0.692. The van der Waals surface area contributed by atoms with Crippen LogP contribution >= 0.6 is 0 Å². The summed E-state index contributed by atoms with van der Waals surface area (Å²) in [5, 5.41) is 10.1. The third-order valence-corrected chi connectivity index (χ3v) is 4.84. The molecule has 0 saturated heterocycles. The zero-order valence-corrected chi connectivity index (χ0v) is 10.4. The average Bonchev–Trinajstić information content (AvgIpc) is 2.36. The van der Waals surface area contributed by atoms with E-state index >= 15 is 0 Å². The van der Waals surface area contributed by atoms with Crippen LogP contribution in [0.5, 0.6) is 0 Å². The lowest BCUT2D eigenvalue weighted by molar-refractivity contribution is -0.205. The first kappa shape index (κ1) is 11.7. The van der Waals surface area contributed by atoms with Crippen LogP contribution < -0.4 is 0 Å². The number of carbonyl (C=O) groups excluding carboxylic acids is 2. The van der Waals surface area contributed by atoms with E-state index in [1.807, 2.05) is 0 Å². The number of hydrogen-bond donors (Lipinski definition) is 1. The third kappa shape index (κ3) is 1.15. The number of carbonyl (C=O) groups is 2. The molecule has 5 atom stereocenters. The number of aliphatic hydroxyl groups is 1. The minimum atomic E-state index is -0.610. The summed E-state index contributed by atoms with van der Waals surface area (Å²) in [6, 6.07) is 0. The molecular formula is C13H16O5. The summed E-state index contributed by atoms with van der Waals surface area (Å²) in [7, 11) is 2.70. The normalized spacial score (nSPS) is 43.8. The molecule has 3 fully saturated rings. The molecular weight excluding hydrogens is 236 g/mol. The van der Waals surface area contributed by atoms with Crippen molar-refractivity contribution < 1.29 is 24.2 Å². The lowest BCUT2D eigenvalue weighted by atomic mass is 9.39. The van der Waals surface area contributed by atoms with Crippen LogP contribution in [0, 0.1) is 23.2 Å². The van der Waals surface area contributed by atoms with Crippen LogP contribution in [0.2, 0.25) is 0 Å². The second-order valence-electron chi connectivity index (χ2n) is 5.47. The topological polar surface area (TPSA) is 72.8 Å². The highest BCUT2D eigenvalue weighted by Crippen LogP contribution is 2.67. The molecule has 5 heteroatoms. The van der Waals surface area contributed by atoms with Crippen LogP contribution in [0.4, 0.5) is 0 Å². The molecule has 0 aromatic carbocycles. The van der Waals surface area contributed by atoms with E-state index in [0.29, 0.717) is 18.4 Å². The average molecular weight is 252 g/mol. The van der Waals surface area contributed by atoms with E-state index in [2.05, 4.69) is 0 Å². The predicted molar refractivity (Wildman–Crippen MR) is 60.3 cm³/mol. The molecule has 3 saturated carbocycles. The van der Waals surface area contributed by atoms with Gasteiger partial charge in [0.15, 0.2) is 0 Å². The van der Waals surface area contributed by atoms with Crippen molar-refractivity contribution in [2.24, 2.45) is 23.2 Å². The Morgan fingerprint density at radius 3 is 2.61 bits per heavy atom. The second-order valence-corrected chi connectivity index (χ2v) is 5.47. The molecule has 98 valence electrons. The van der Waals surface area contributed by atoms with Gasteiger partial charge in [-0.25, -0.2) is 4.79 Å². The van der Waals surface area contributed by atoms with E-state index in [1.165, 1.54) is 14.2 Å². The maximum absolute atomic E-state index is 12.0. The second kappa shape index (κ2) is 3.57. The van der Waals surface area contributed by atoms with Gasteiger partial charge in [0.05, 0.1) is 25.7 Å². The fourth-order valence-corrected chi connectivity index (χ4v) is 4.13. The number of aliphatic hydroxyl groups excluding tert-OH is 1. The lowest BCUT2D eigenvalue weighted by Gasteiger charge is -2.64. The van der Waals surface area contributed by atoms with Gasteiger partial charge in [-0.05, 0) is 18.8 Å². The summed E-state index contributed by atoms with van der Waals surface area (Å²) >= 11 is 0. The Morgan fingerprint density at radius 1 is 1.33 bits per heavy atom. The molecule has 5 rings (SSSR count). The Hall–Kier alpha value is -1.36. The summed E-state index contributed by atoms with van der Waals surface area (Å²) in [4.78, 5) is 23.8. The lowest BCUT2D eigenvalue weighted by Crippen LogP contribution is -2.67. The van der Waals surface area contributed by atoms with Crippen LogP contribution in [0.1, 0.15) is 12.8 Å². The molecule has 1 N–H and O–H groups in total. The van der Waals surface area contributed by atoms with Crippen LogP contribution in [-0.4, -0.2) is 37.4 Å². The van der Waals surface area contributed by atoms with Gasteiger partial charge in [0.2, 0.25) is 0 Å². The first-order chi connectivity index (χ1) is 8.55. The van der Waals surface area contributed by atoms with Crippen LogP contribution in [0.15, 0.2) is 11.6 Å². The Kier molecular flexibility index (Phi) is 2.32. The first-order valence-electron chi connectivity index (χ1n) is 6.11. The minimum Gasteiger partial charge on any atom is -0.469 e. The predicted octanol–water partition coefficient (Wildman–Crippen LogP) is 0.276. The van der Waals surface area contributed by atoms with Crippen molar-refractivity contribution in [1.29, 1.82) is 0 Å². The molecule has 0 unspecified atom stereocenters. The van der Waals surface area contributed by atoms with Gasteiger partial charge >= 0.3 is 11.9 Å². The van der Waals surface area contributed by atoms with Crippen molar-refractivity contribution in [3.8, 4) is 0 Å². The SMILES string of the molecule is COC(=O)C1=C[C@@H]2C[C@]3(C(=O)OC)C[C@H]([C@H]2O)[C@H]13. The zero-order chi connectivity index (χ0) is 13.1. The van der Waals surface area contributed by atoms with E-state index in [4.69, 9.17) is 9.47 Å². The van der Waals surface area contributed by atoms with E-state index in [1.54, 1.807) is 6.08 Å². The molecule has 0 aromatic heterocycles. The molecule has 0 aromatic rings. The zero-order valence-electron chi connectivity index (χ0n) is 10.4. The van der Waals surface area contributed by atoms with Crippen LogP contribution in [-0.2, 0) is 19.1 Å². The van der Waals surface area contributed by atoms with E-state index in [0.717, 1.165) is 0 Å². The molecule has 5 aliphatic carbocycles. The van der Waals surface area contributed by atoms with Gasteiger partial charge in [0, 0.05) is 17.4 Å². The van der Waals surface area contributed by atoms with Gasteiger partial charge in [0.1, 0.15) is 0 Å². The maximum Gasteiger partial charge on any atom is 0.333 e. The Morgan fingerprint density at radius 2 is 2.06 bits per heavy atom. The van der Waals surface area contributed by atoms with Crippen LogP contribution in [0.25, 0.3) is 0 Å².